The average molecular weight is 473 g/mol. The van der Waals surface area contributed by atoms with Crippen LogP contribution in [-0.2, 0) is 11.4 Å². The molecule has 1 fully saturated rings. The fourth-order valence-electron chi connectivity index (χ4n) is 2.74. The van der Waals surface area contributed by atoms with Crippen molar-refractivity contribution in [2.45, 2.75) is 30.6 Å². The topological polar surface area (TPSA) is 124 Å². The Kier molecular flexibility index (Phi) is 6.81. The number of hydrogen-bond acceptors (Lipinski definition) is 7. The van der Waals surface area contributed by atoms with Crippen molar-refractivity contribution in [3.05, 3.63) is 64.9 Å². The van der Waals surface area contributed by atoms with Gasteiger partial charge in [-0.2, -0.15) is 0 Å². The molecule has 0 unspecified atom stereocenters. The van der Waals surface area contributed by atoms with E-state index in [0.29, 0.717) is 33.0 Å². The molecule has 0 atom stereocenters. The second-order valence-corrected chi connectivity index (χ2v) is 8.56. The molecule has 2 amide bonds. The highest BCUT2D eigenvalue weighted by atomic mass is 35.5. The monoisotopic (exact) mass is 472 g/mol. The largest absolute Gasteiger partial charge is 0.486 e. The highest BCUT2D eigenvalue weighted by Crippen LogP contribution is 2.21. The number of carbonyl (C=O) groups is 2. The predicted molar refractivity (Wildman–Crippen MR) is 122 cm³/mol. The van der Waals surface area contributed by atoms with Crippen LogP contribution < -0.4 is 21.2 Å². The Morgan fingerprint density at radius 3 is 2.72 bits per heavy atom. The number of carbonyl (C=O) groups excluding carboxylic acids is 2. The van der Waals surface area contributed by atoms with Crippen molar-refractivity contribution in [1.82, 2.24) is 20.2 Å². The van der Waals surface area contributed by atoms with Gasteiger partial charge in [0.1, 0.15) is 12.4 Å². The van der Waals surface area contributed by atoms with Crippen LogP contribution in [0, 0.1) is 0 Å². The zero-order valence-corrected chi connectivity index (χ0v) is 18.5. The Morgan fingerprint density at radius 1 is 1.19 bits per heavy atom. The molecule has 9 nitrogen and oxygen atoms in total. The number of rotatable bonds is 9. The number of anilines is 1. The zero-order valence-electron chi connectivity index (χ0n) is 17.0. The van der Waals surface area contributed by atoms with Crippen LogP contribution >= 0.6 is 23.4 Å². The Balaban J connectivity index is 1.27. The number of amides is 2. The van der Waals surface area contributed by atoms with Crippen LogP contribution in [0.25, 0.3) is 0 Å². The van der Waals surface area contributed by atoms with Crippen molar-refractivity contribution in [3.8, 4) is 5.75 Å². The highest BCUT2D eigenvalue weighted by Gasteiger charge is 2.23. The number of nitrogens with one attached hydrogen (secondary N) is 2. The third kappa shape index (κ3) is 5.92. The van der Waals surface area contributed by atoms with Gasteiger partial charge in [0, 0.05) is 22.3 Å². The van der Waals surface area contributed by atoms with Gasteiger partial charge in [-0.25, -0.2) is 4.68 Å². The maximum absolute atomic E-state index is 12.3. The Morgan fingerprint density at radius 2 is 1.97 bits per heavy atom. The van der Waals surface area contributed by atoms with E-state index in [0.717, 1.165) is 24.6 Å². The Bertz CT molecular complexity index is 1120. The fraction of sp³-hybridized carbons (Fsp3) is 0.238. The molecule has 0 aliphatic heterocycles. The summed E-state index contributed by atoms with van der Waals surface area (Å²) in [6, 6.07) is 14.0. The van der Waals surface area contributed by atoms with Crippen molar-refractivity contribution in [2.24, 2.45) is 0 Å². The number of hydrogen-bond donors (Lipinski definition) is 3. The summed E-state index contributed by atoms with van der Waals surface area (Å²) < 4.78 is 6.91. The molecule has 1 aliphatic carbocycles. The van der Waals surface area contributed by atoms with Crippen molar-refractivity contribution in [2.75, 3.05) is 16.9 Å². The van der Waals surface area contributed by atoms with Gasteiger partial charge in [-0.3, -0.25) is 9.59 Å². The molecule has 166 valence electrons. The summed E-state index contributed by atoms with van der Waals surface area (Å²) in [4.78, 5) is 24.5. The SMILES string of the molecule is Nn1c(COc2ccc(Cl)cc2)nnc1SCC(=O)Nc1cccc(C(=O)NC2CC2)c1. The first-order valence-electron chi connectivity index (χ1n) is 9.89. The molecule has 1 aromatic heterocycles. The van der Waals surface area contributed by atoms with Crippen LogP contribution in [0.3, 0.4) is 0 Å². The van der Waals surface area contributed by atoms with Crippen LogP contribution in [0.2, 0.25) is 5.02 Å². The summed E-state index contributed by atoms with van der Waals surface area (Å²) in [6.45, 7) is 0.119. The van der Waals surface area contributed by atoms with E-state index in [4.69, 9.17) is 22.2 Å². The zero-order chi connectivity index (χ0) is 22.5. The van der Waals surface area contributed by atoms with Crippen LogP contribution in [0.15, 0.2) is 53.7 Å². The summed E-state index contributed by atoms with van der Waals surface area (Å²) >= 11 is 7.00. The molecule has 2 aromatic carbocycles. The van der Waals surface area contributed by atoms with Crippen molar-refractivity contribution >= 4 is 40.9 Å². The minimum atomic E-state index is -0.253. The number of nitrogens with two attached hydrogens (primary N) is 1. The highest BCUT2D eigenvalue weighted by molar-refractivity contribution is 7.99. The molecule has 4 N–H and O–H groups in total. The molecule has 1 aliphatic rings. The number of aromatic nitrogens is 3. The minimum Gasteiger partial charge on any atom is -0.486 e. The lowest BCUT2D eigenvalue weighted by Crippen LogP contribution is -2.25. The first-order chi connectivity index (χ1) is 15.5. The molecule has 0 spiro atoms. The van der Waals surface area contributed by atoms with Gasteiger partial charge in [0.15, 0.2) is 5.82 Å². The summed E-state index contributed by atoms with van der Waals surface area (Å²) in [6.07, 6.45) is 2.03. The van der Waals surface area contributed by atoms with Gasteiger partial charge >= 0.3 is 0 Å². The van der Waals surface area contributed by atoms with E-state index in [1.807, 2.05) is 0 Å². The third-order valence-corrected chi connectivity index (χ3v) is 5.77. The van der Waals surface area contributed by atoms with E-state index in [1.165, 1.54) is 4.68 Å². The van der Waals surface area contributed by atoms with Gasteiger partial charge in [0.2, 0.25) is 11.1 Å². The van der Waals surface area contributed by atoms with E-state index in [2.05, 4.69) is 20.8 Å². The van der Waals surface area contributed by atoms with Gasteiger partial charge in [-0.1, -0.05) is 29.4 Å². The van der Waals surface area contributed by atoms with Gasteiger partial charge in [0.05, 0.1) is 5.75 Å². The summed E-state index contributed by atoms with van der Waals surface area (Å²) in [5.41, 5.74) is 1.06. The van der Waals surface area contributed by atoms with Crippen LogP contribution in [0.4, 0.5) is 5.69 Å². The normalized spacial score (nSPS) is 12.9. The third-order valence-electron chi connectivity index (χ3n) is 4.57. The van der Waals surface area contributed by atoms with Crippen LogP contribution in [0.1, 0.15) is 29.0 Å². The maximum Gasteiger partial charge on any atom is 0.251 e. The lowest BCUT2D eigenvalue weighted by atomic mass is 10.2. The number of ether oxygens (including phenoxy) is 1. The molecule has 4 rings (SSSR count). The minimum absolute atomic E-state index is 0.0753. The smallest absolute Gasteiger partial charge is 0.251 e. The molecule has 0 saturated heterocycles. The second-order valence-electron chi connectivity index (χ2n) is 7.18. The molecular formula is C21H21ClN6O3S. The molecule has 3 aromatic rings. The summed E-state index contributed by atoms with van der Waals surface area (Å²) in [7, 11) is 0. The lowest BCUT2D eigenvalue weighted by Gasteiger charge is -2.08. The molecule has 1 saturated carbocycles. The van der Waals surface area contributed by atoms with Crippen LogP contribution in [-0.4, -0.2) is 38.5 Å². The van der Waals surface area contributed by atoms with Crippen LogP contribution in [0.5, 0.6) is 5.75 Å². The fourth-order valence-corrected chi connectivity index (χ4v) is 3.55. The van der Waals surface area contributed by atoms with E-state index >= 15 is 0 Å². The molecule has 11 heteroatoms. The van der Waals surface area contributed by atoms with Gasteiger partial charge < -0.3 is 21.2 Å². The van der Waals surface area contributed by atoms with Crippen molar-refractivity contribution in [1.29, 1.82) is 0 Å². The quantitative estimate of drug-likeness (QED) is 0.323. The molecular weight excluding hydrogens is 452 g/mol. The molecule has 32 heavy (non-hydrogen) atoms. The van der Waals surface area contributed by atoms with Crippen molar-refractivity contribution in [3.63, 3.8) is 0 Å². The number of halogens is 1. The Labute approximate surface area is 193 Å². The van der Waals surface area contributed by atoms with E-state index < -0.39 is 0 Å². The number of nitrogen functional groups attached to an aromatic ring is 1. The lowest BCUT2D eigenvalue weighted by molar-refractivity contribution is -0.113. The number of benzene rings is 2. The first-order valence-corrected chi connectivity index (χ1v) is 11.3. The first kappa shape index (κ1) is 22.0. The maximum atomic E-state index is 12.3. The van der Waals surface area contributed by atoms with E-state index in [1.54, 1.807) is 48.5 Å². The summed E-state index contributed by atoms with van der Waals surface area (Å²) in [5.74, 6) is 6.75. The number of nitrogens with zero attached hydrogens (tertiary/aromatic N) is 3. The van der Waals surface area contributed by atoms with E-state index in [-0.39, 0.29) is 30.2 Å². The van der Waals surface area contributed by atoms with E-state index in [9.17, 15) is 9.59 Å². The molecule has 0 radical (unpaired) electrons. The predicted octanol–water partition coefficient (Wildman–Crippen LogP) is 2.85. The second kappa shape index (κ2) is 9.92. The molecule has 0 bridgehead atoms. The van der Waals surface area contributed by atoms with Gasteiger partial charge in [-0.05, 0) is 55.3 Å². The average Bonchev–Trinajstić information content (AvgIpc) is 3.53. The summed E-state index contributed by atoms with van der Waals surface area (Å²) in [5, 5.41) is 14.7. The molecule has 1 heterocycles. The Hall–Kier alpha value is -3.24. The standard InChI is InChI=1S/C21H21ClN6O3S/c22-14-4-8-17(9-5-14)31-11-18-26-27-21(28(18)23)32-12-19(29)24-16-3-1-2-13(10-16)20(30)25-15-6-7-15/h1-5,8-10,15H,6-7,11-12,23H2,(H,24,29)(H,25,30). The number of thioether (sulfide) groups is 1. The van der Waals surface area contributed by atoms with Gasteiger partial charge in [0.25, 0.3) is 5.91 Å². The van der Waals surface area contributed by atoms with Gasteiger partial charge in [-0.15, -0.1) is 10.2 Å². The van der Waals surface area contributed by atoms with Crippen molar-refractivity contribution < 1.29 is 14.3 Å².